The molecule has 0 N–H and O–H groups in total. The number of fused-ring (bicyclic) bond motifs is 3. The molecule has 0 aliphatic rings. The maximum Gasteiger partial charge on any atom is 0.146 e. The zero-order valence-electron chi connectivity index (χ0n) is 26.5. The van der Waals surface area contributed by atoms with Crippen LogP contribution in [0.15, 0.2) is 91.4 Å². The highest BCUT2D eigenvalue weighted by Gasteiger charge is 2.21. The summed E-state index contributed by atoms with van der Waals surface area (Å²) >= 11 is 19.4. The molecule has 7 rings (SSSR count). The second-order valence-corrected chi connectivity index (χ2v) is 12.7. The van der Waals surface area contributed by atoms with Gasteiger partial charge in [-0.15, -0.1) is 0 Å². The summed E-state index contributed by atoms with van der Waals surface area (Å²) in [6.07, 6.45) is 5.22. The van der Waals surface area contributed by atoms with Gasteiger partial charge >= 0.3 is 0 Å². The molecule has 0 saturated heterocycles. The molecule has 0 amide bonds. The minimum absolute atomic E-state index is 0.308. The van der Waals surface area contributed by atoms with Gasteiger partial charge in [0.2, 0.25) is 0 Å². The number of aromatic nitrogens is 3. The average Bonchev–Trinajstić information content (AvgIpc) is 3.11. The van der Waals surface area contributed by atoms with E-state index in [0.29, 0.717) is 68.7 Å². The lowest BCUT2D eigenvalue weighted by atomic mass is 9.89. The van der Waals surface area contributed by atoms with Crippen molar-refractivity contribution in [2.45, 2.75) is 40.6 Å². The number of hydrogen-bond acceptors (Lipinski definition) is 6. The van der Waals surface area contributed by atoms with Crippen LogP contribution in [-0.2, 0) is 19.8 Å². The second-order valence-electron chi connectivity index (χ2n) is 11.5. The predicted molar refractivity (Wildman–Crippen MR) is 194 cm³/mol. The van der Waals surface area contributed by atoms with Crippen molar-refractivity contribution in [2.75, 3.05) is 0 Å². The molecule has 3 aromatic heterocycles. The van der Waals surface area contributed by atoms with Gasteiger partial charge in [-0.25, -0.2) is 0 Å². The molecule has 6 nitrogen and oxygen atoms in total. The third kappa shape index (κ3) is 5.96. The lowest BCUT2D eigenvalue weighted by molar-refractivity contribution is 0.293. The van der Waals surface area contributed by atoms with Crippen molar-refractivity contribution < 1.29 is 14.2 Å². The number of halogens is 3. The first-order valence-corrected chi connectivity index (χ1v) is 16.5. The molecule has 0 atom stereocenters. The Bertz CT molecular complexity index is 2060. The summed E-state index contributed by atoms with van der Waals surface area (Å²) in [4.78, 5) is 13.7. The lowest BCUT2D eigenvalue weighted by Crippen LogP contribution is -2.13. The molecule has 240 valence electrons. The third-order valence-corrected chi connectivity index (χ3v) is 9.86. The minimum atomic E-state index is 0.308. The van der Waals surface area contributed by atoms with Crippen LogP contribution in [0.5, 0.6) is 17.2 Å². The summed E-state index contributed by atoms with van der Waals surface area (Å²) in [6.45, 7) is 7.24. The molecule has 0 aliphatic heterocycles. The average molecular weight is 695 g/mol. The van der Waals surface area contributed by atoms with Crippen molar-refractivity contribution in [3.8, 4) is 17.2 Å². The van der Waals surface area contributed by atoms with Crippen molar-refractivity contribution in [3.63, 3.8) is 0 Å². The van der Waals surface area contributed by atoms with E-state index in [-0.39, 0.29) is 0 Å². The van der Waals surface area contributed by atoms with Crippen LogP contribution in [0, 0.1) is 20.8 Å². The van der Waals surface area contributed by atoms with Crippen LogP contribution in [0.2, 0.25) is 15.1 Å². The smallest absolute Gasteiger partial charge is 0.146 e. The van der Waals surface area contributed by atoms with Gasteiger partial charge in [-0.1, -0.05) is 34.8 Å². The first kappa shape index (κ1) is 32.0. The summed E-state index contributed by atoms with van der Waals surface area (Å²) in [5.74, 6) is 1.96. The van der Waals surface area contributed by atoms with Crippen LogP contribution in [0.3, 0.4) is 0 Å². The van der Waals surface area contributed by atoms with E-state index in [4.69, 9.17) is 49.0 Å². The Morgan fingerprint density at radius 3 is 1.02 bits per heavy atom. The summed E-state index contributed by atoms with van der Waals surface area (Å²) in [7, 11) is 0. The van der Waals surface area contributed by atoms with E-state index in [9.17, 15) is 0 Å². The van der Waals surface area contributed by atoms with E-state index >= 15 is 0 Å². The Kier molecular flexibility index (Phi) is 8.97. The standard InChI is InChI=1S/C39H30Cl3N3O3/c1-22-28(19-46-34-13-10-31(40)25-7-4-16-43-37(25)34)23(2)30(21-48-36-15-12-33(42)27-9-6-18-45-39(27)36)24(3)29(22)20-47-35-14-11-32(41)26-8-5-17-44-38(26)35/h4-18H,19-21H2,1-3H3. The highest BCUT2D eigenvalue weighted by atomic mass is 35.5. The fraction of sp³-hybridized carbons (Fsp3) is 0.154. The molecule has 0 saturated carbocycles. The fourth-order valence-corrected chi connectivity index (χ4v) is 6.82. The quantitative estimate of drug-likeness (QED) is 0.150. The van der Waals surface area contributed by atoms with Gasteiger partial charge in [-0.05, 0) is 127 Å². The Balaban J connectivity index is 1.27. The molecular formula is C39H30Cl3N3O3. The van der Waals surface area contributed by atoms with E-state index in [1.807, 2.05) is 72.8 Å². The lowest BCUT2D eigenvalue weighted by Gasteiger charge is -2.23. The number of nitrogens with zero attached hydrogens (tertiary/aromatic N) is 3. The molecule has 9 heteroatoms. The highest BCUT2D eigenvalue weighted by Crippen LogP contribution is 2.36. The van der Waals surface area contributed by atoms with Crippen molar-refractivity contribution in [1.82, 2.24) is 15.0 Å². The van der Waals surface area contributed by atoms with Crippen molar-refractivity contribution in [3.05, 3.63) is 140 Å². The maximum atomic E-state index is 6.49. The Hall–Kier alpha value is -4.62. The zero-order valence-corrected chi connectivity index (χ0v) is 28.7. The molecule has 3 heterocycles. The first-order valence-electron chi connectivity index (χ1n) is 15.4. The molecule has 0 bridgehead atoms. The number of hydrogen-bond donors (Lipinski definition) is 0. The van der Waals surface area contributed by atoms with Crippen LogP contribution >= 0.6 is 34.8 Å². The normalized spacial score (nSPS) is 11.4. The Labute approximate surface area is 293 Å². The maximum absolute atomic E-state index is 6.49. The Morgan fingerprint density at radius 2 is 0.729 bits per heavy atom. The molecule has 0 fully saturated rings. The van der Waals surface area contributed by atoms with Gasteiger partial charge in [0.1, 0.15) is 53.6 Å². The second kappa shape index (κ2) is 13.5. The van der Waals surface area contributed by atoms with E-state index in [0.717, 1.165) is 49.5 Å². The zero-order chi connectivity index (χ0) is 33.4. The van der Waals surface area contributed by atoms with Crippen LogP contribution in [0.25, 0.3) is 32.7 Å². The van der Waals surface area contributed by atoms with Gasteiger partial charge in [0.25, 0.3) is 0 Å². The molecule has 4 aromatic carbocycles. The summed E-state index contributed by atoms with van der Waals surface area (Å²) in [5.41, 5.74) is 8.47. The van der Waals surface area contributed by atoms with Crippen LogP contribution in [0.4, 0.5) is 0 Å². The monoisotopic (exact) mass is 693 g/mol. The first-order chi connectivity index (χ1) is 23.3. The SMILES string of the molecule is Cc1c(COc2ccc(Cl)c3cccnc23)c(C)c(COc2ccc(Cl)c3cccnc23)c(C)c1COc1ccc(Cl)c2cccnc12. The third-order valence-electron chi connectivity index (χ3n) is 8.87. The van der Waals surface area contributed by atoms with Crippen LogP contribution < -0.4 is 14.2 Å². The molecule has 0 aliphatic carbocycles. The predicted octanol–water partition coefficient (Wildman–Crippen LogP) is 11.0. The number of rotatable bonds is 9. The number of benzene rings is 4. The van der Waals surface area contributed by atoms with Crippen LogP contribution in [-0.4, -0.2) is 15.0 Å². The minimum Gasteiger partial charge on any atom is -0.487 e. The van der Waals surface area contributed by atoms with E-state index in [1.54, 1.807) is 18.6 Å². The van der Waals surface area contributed by atoms with Gasteiger partial charge in [0.15, 0.2) is 0 Å². The molecule has 7 aromatic rings. The van der Waals surface area contributed by atoms with Gasteiger partial charge in [0, 0.05) is 34.7 Å². The molecular weight excluding hydrogens is 665 g/mol. The van der Waals surface area contributed by atoms with Gasteiger partial charge in [-0.3, -0.25) is 15.0 Å². The largest absolute Gasteiger partial charge is 0.487 e. The number of ether oxygens (including phenoxy) is 3. The van der Waals surface area contributed by atoms with Gasteiger partial charge < -0.3 is 14.2 Å². The molecule has 0 unspecified atom stereocenters. The highest BCUT2D eigenvalue weighted by molar-refractivity contribution is 6.36. The summed E-state index contributed by atoms with van der Waals surface area (Å²) in [5, 5.41) is 4.39. The van der Waals surface area contributed by atoms with Crippen LogP contribution in [0.1, 0.15) is 33.4 Å². The van der Waals surface area contributed by atoms with Crippen molar-refractivity contribution >= 4 is 67.5 Å². The van der Waals surface area contributed by atoms with Crippen molar-refractivity contribution in [2.24, 2.45) is 0 Å². The Morgan fingerprint density at radius 1 is 0.438 bits per heavy atom. The van der Waals surface area contributed by atoms with Crippen molar-refractivity contribution in [1.29, 1.82) is 0 Å². The van der Waals surface area contributed by atoms with Gasteiger partial charge in [-0.2, -0.15) is 0 Å². The number of pyridine rings is 3. The van der Waals surface area contributed by atoms with E-state index in [2.05, 4.69) is 35.7 Å². The van der Waals surface area contributed by atoms with E-state index < -0.39 is 0 Å². The topological polar surface area (TPSA) is 66.4 Å². The summed E-state index contributed by atoms with van der Waals surface area (Å²) in [6, 6.07) is 22.5. The summed E-state index contributed by atoms with van der Waals surface area (Å²) < 4.78 is 19.5. The molecule has 48 heavy (non-hydrogen) atoms. The molecule has 0 radical (unpaired) electrons. The van der Waals surface area contributed by atoms with E-state index in [1.165, 1.54) is 0 Å². The van der Waals surface area contributed by atoms with Gasteiger partial charge in [0.05, 0.1) is 15.1 Å². The molecule has 0 spiro atoms. The fourth-order valence-electron chi connectivity index (χ4n) is 6.17.